The predicted molar refractivity (Wildman–Crippen MR) is 94.4 cm³/mol. The zero-order valence-corrected chi connectivity index (χ0v) is 13.0. The first-order valence-electron chi connectivity index (χ1n) is 6.45. The molecule has 3 aromatic rings. The van der Waals surface area contributed by atoms with Gasteiger partial charge in [0.05, 0.1) is 0 Å². The second kappa shape index (κ2) is 5.67. The molecule has 0 saturated carbocycles. The number of halogens is 1. The Morgan fingerprint density at radius 2 is 1.35 bits per heavy atom. The normalized spacial score (nSPS) is 10.4. The SMILES string of the molecule is Nc1cccc(-c2ccc(I)c(-c3ccccc3)c2)c1. The lowest BCUT2D eigenvalue weighted by Gasteiger charge is -2.09. The molecule has 0 radical (unpaired) electrons. The summed E-state index contributed by atoms with van der Waals surface area (Å²) in [6.07, 6.45) is 0. The first-order chi connectivity index (χ1) is 9.74. The molecule has 3 rings (SSSR count). The molecule has 0 aliphatic heterocycles. The lowest BCUT2D eigenvalue weighted by atomic mass is 9.99. The Morgan fingerprint density at radius 1 is 0.650 bits per heavy atom. The maximum absolute atomic E-state index is 5.87. The van der Waals surface area contributed by atoms with E-state index in [1.807, 2.05) is 24.3 Å². The van der Waals surface area contributed by atoms with Gasteiger partial charge in [0.2, 0.25) is 0 Å². The summed E-state index contributed by atoms with van der Waals surface area (Å²) in [5.74, 6) is 0. The average Bonchev–Trinajstić information content (AvgIpc) is 2.48. The first-order valence-corrected chi connectivity index (χ1v) is 7.53. The van der Waals surface area contributed by atoms with Gasteiger partial charge in [-0.1, -0.05) is 48.5 Å². The van der Waals surface area contributed by atoms with Crippen molar-refractivity contribution < 1.29 is 0 Å². The first kappa shape index (κ1) is 13.2. The van der Waals surface area contributed by atoms with E-state index in [0.29, 0.717) is 0 Å². The number of benzene rings is 3. The molecule has 0 heterocycles. The summed E-state index contributed by atoms with van der Waals surface area (Å²) in [4.78, 5) is 0. The van der Waals surface area contributed by atoms with Crippen LogP contribution in [0, 0.1) is 3.57 Å². The van der Waals surface area contributed by atoms with Crippen LogP contribution in [0.3, 0.4) is 0 Å². The molecule has 1 nitrogen and oxygen atoms in total. The number of hydrogen-bond acceptors (Lipinski definition) is 1. The van der Waals surface area contributed by atoms with E-state index >= 15 is 0 Å². The van der Waals surface area contributed by atoms with Crippen LogP contribution in [0.1, 0.15) is 0 Å². The van der Waals surface area contributed by atoms with Crippen LogP contribution < -0.4 is 5.73 Å². The molecule has 3 aromatic carbocycles. The Morgan fingerprint density at radius 3 is 2.10 bits per heavy atom. The van der Waals surface area contributed by atoms with Crippen LogP contribution in [-0.2, 0) is 0 Å². The van der Waals surface area contributed by atoms with Crippen molar-refractivity contribution in [2.24, 2.45) is 0 Å². The van der Waals surface area contributed by atoms with Crippen LogP contribution in [0.4, 0.5) is 5.69 Å². The van der Waals surface area contributed by atoms with Gasteiger partial charge in [-0.3, -0.25) is 0 Å². The highest BCUT2D eigenvalue weighted by Crippen LogP contribution is 2.31. The largest absolute Gasteiger partial charge is 0.399 e. The van der Waals surface area contributed by atoms with Gasteiger partial charge in [0.1, 0.15) is 0 Å². The van der Waals surface area contributed by atoms with E-state index < -0.39 is 0 Å². The number of nitrogen functional groups attached to an aromatic ring is 1. The van der Waals surface area contributed by atoms with Gasteiger partial charge in [0.15, 0.2) is 0 Å². The van der Waals surface area contributed by atoms with Gasteiger partial charge in [0, 0.05) is 9.26 Å². The zero-order chi connectivity index (χ0) is 13.9. The molecule has 0 saturated heterocycles. The van der Waals surface area contributed by atoms with Gasteiger partial charge in [-0.25, -0.2) is 0 Å². The van der Waals surface area contributed by atoms with Crippen LogP contribution in [0.15, 0.2) is 72.8 Å². The van der Waals surface area contributed by atoms with Crippen molar-refractivity contribution >= 4 is 28.3 Å². The standard InChI is InChI=1S/C18H14IN/c19-18-10-9-15(14-7-4-8-16(20)11-14)12-17(18)13-5-2-1-3-6-13/h1-12H,20H2. The smallest absolute Gasteiger partial charge is 0.0320 e. The van der Waals surface area contributed by atoms with Crippen LogP contribution in [0.25, 0.3) is 22.3 Å². The third-order valence-electron chi connectivity index (χ3n) is 3.27. The molecule has 2 N–H and O–H groups in total. The molecule has 0 bridgehead atoms. The summed E-state index contributed by atoms with van der Waals surface area (Å²) in [7, 11) is 0. The number of nitrogens with two attached hydrogens (primary N) is 1. The van der Waals surface area contributed by atoms with E-state index in [2.05, 4.69) is 71.1 Å². The summed E-state index contributed by atoms with van der Waals surface area (Å²) in [5, 5.41) is 0. The molecule has 98 valence electrons. The second-order valence-corrected chi connectivity index (χ2v) is 5.85. The third-order valence-corrected chi connectivity index (χ3v) is 4.21. The molecule has 0 aliphatic rings. The molecule has 0 aromatic heterocycles. The molecule has 0 unspecified atom stereocenters. The van der Waals surface area contributed by atoms with Gasteiger partial charge in [-0.2, -0.15) is 0 Å². The van der Waals surface area contributed by atoms with E-state index in [0.717, 1.165) is 11.3 Å². The highest BCUT2D eigenvalue weighted by Gasteiger charge is 2.06. The lowest BCUT2D eigenvalue weighted by Crippen LogP contribution is -1.87. The van der Waals surface area contributed by atoms with E-state index in [1.54, 1.807) is 0 Å². The molecule has 0 fully saturated rings. The molecule has 0 amide bonds. The Kier molecular flexibility index (Phi) is 3.74. The monoisotopic (exact) mass is 371 g/mol. The van der Waals surface area contributed by atoms with Crippen molar-refractivity contribution in [2.45, 2.75) is 0 Å². The molecular formula is C18H14IN. The fourth-order valence-electron chi connectivity index (χ4n) is 2.26. The highest BCUT2D eigenvalue weighted by molar-refractivity contribution is 14.1. The van der Waals surface area contributed by atoms with Crippen LogP contribution in [0.2, 0.25) is 0 Å². The van der Waals surface area contributed by atoms with Crippen LogP contribution in [0.5, 0.6) is 0 Å². The lowest BCUT2D eigenvalue weighted by molar-refractivity contribution is 1.56. The zero-order valence-electron chi connectivity index (χ0n) is 10.9. The van der Waals surface area contributed by atoms with Gasteiger partial charge in [0.25, 0.3) is 0 Å². The minimum absolute atomic E-state index is 0.794. The van der Waals surface area contributed by atoms with Crippen molar-refractivity contribution in [3.63, 3.8) is 0 Å². The fourth-order valence-corrected chi connectivity index (χ4v) is 2.91. The Hall–Kier alpha value is -1.81. The van der Waals surface area contributed by atoms with E-state index in [-0.39, 0.29) is 0 Å². The summed E-state index contributed by atoms with van der Waals surface area (Å²) < 4.78 is 1.25. The topological polar surface area (TPSA) is 26.0 Å². The maximum atomic E-state index is 5.87. The van der Waals surface area contributed by atoms with Crippen molar-refractivity contribution in [1.82, 2.24) is 0 Å². The highest BCUT2D eigenvalue weighted by atomic mass is 127. The van der Waals surface area contributed by atoms with E-state index in [1.165, 1.54) is 20.3 Å². The fraction of sp³-hybridized carbons (Fsp3) is 0. The van der Waals surface area contributed by atoms with Crippen molar-refractivity contribution in [1.29, 1.82) is 0 Å². The number of hydrogen-bond donors (Lipinski definition) is 1. The second-order valence-electron chi connectivity index (χ2n) is 4.69. The Labute approximate surface area is 132 Å². The molecule has 2 heteroatoms. The van der Waals surface area contributed by atoms with Crippen molar-refractivity contribution in [3.8, 4) is 22.3 Å². The quantitative estimate of drug-likeness (QED) is 0.486. The number of anilines is 1. The van der Waals surface area contributed by atoms with Crippen molar-refractivity contribution in [3.05, 3.63) is 76.4 Å². The van der Waals surface area contributed by atoms with E-state index in [4.69, 9.17) is 5.73 Å². The Balaban J connectivity index is 2.12. The maximum Gasteiger partial charge on any atom is 0.0320 e. The minimum atomic E-state index is 0.794. The summed E-state index contributed by atoms with van der Waals surface area (Å²) in [6.45, 7) is 0. The van der Waals surface area contributed by atoms with Gasteiger partial charge >= 0.3 is 0 Å². The van der Waals surface area contributed by atoms with Gasteiger partial charge < -0.3 is 5.73 Å². The van der Waals surface area contributed by atoms with Gasteiger partial charge in [-0.15, -0.1) is 0 Å². The minimum Gasteiger partial charge on any atom is -0.399 e. The Bertz CT molecular complexity index is 735. The molecule has 0 aliphatic carbocycles. The summed E-state index contributed by atoms with van der Waals surface area (Å²) >= 11 is 2.38. The van der Waals surface area contributed by atoms with Crippen molar-refractivity contribution in [2.75, 3.05) is 5.73 Å². The summed E-state index contributed by atoms with van der Waals surface area (Å²) in [5.41, 5.74) is 11.5. The van der Waals surface area contributed by atoms with Gasteiger partial charge in [-0.05, 0) is 69.1 Å². The summed E-state index contributed by atoms with van der Waals surface area (Å²) in [6, 6.07) is 25.0. The van der Waals surface area contributed by atoms with Crippen LogP contribution >= 0.6 is 22.6 Å². The predicted octanol–water partition coefficient (Wildman–Crippen LogP) is 5.21. The number of rotatable bonds is 2. The molecule has 0 atom stereocenters. The third kappa shape index (κ3) is 2.70. The average molecular weight is 371 g/mol. The molecular weight excluding hydrogens is 357 g/mol. The molecule has 0 spiro atoms. The molecule has 20 heavy (non-hydrogen) atoms. The van der Waals surface area contributed by atoms with Crippen LogP contribution in [-0.4, -0.2) is 0 Å². The van der Waals surface area contributed by atoms with E-state index in [9.17, 15) is 0 Å².